The molecule has 25 heavy (non-hydrogen) atoms. The number of nitrogens with zero attached hydrogens (tertiary/aromatic N) is 2. The first-order valence-corrected chi connectivity index (χ1v) is 7.90. The maximum atomic E-state index is 12.7. The fourth-order valence-electron chi connectivity index (χ4n) is 2.75. The van der Waals surface area contributed by atoms with E-state index >= 15 is 0 Å². The molecule has 0 fully saturated rings. The lowest BCUT2D eigenvalue weighted by Crippen LogP contribution is -2.03. The molecule has 0 radical (unpaired) electrons. The molecule has 0 bridgehead atoms. The number of aromatic nitrogens is 2. The number of carbonyl (C=O) groups excluding carboxylic acids is 1. The molecule has 0 unspecified atom stereocenters. The predicted molar refractivity (Wildman–Crippen MR) is 98.2 cm³/mol. The number of allylic oxidation sites excluding steroid dienone is 1. The molecule has 0 aliphatic heterocycles. The summed E-state index contributed by atoms with van der Waals surface area (Å²) in [5.74, 6) is 0.606. The summed E-state index contributed by atoms with van der Waals surface area (Å²) < 4.78 is 12.3. The quantitative estimate of drug-likeness (QED) is 0.524. The first kappa shape index (κ1) is 16.8. The van der Waals surface area contributed by atoms with Crippen molar-refractivity contribution >= 4 is 22.8 Å². The number of pyridine rings is 1. The molecule has 2 aromatic heterocycles. The molecular weight excluding hydrogens is 316 g/mol. The Morgan fingerprint density at radius 2 is 1.76 bits per heavy atom. The van der Waals surface area contributed by atoms with Crippen molar-refractivity contribution in [3.05, 3.63) is 59.3 Å². The Labute approximate surface area is 146 Å². The van der Waals surface area contributed by atoms with Crippen LogP contribution in [0.2, 0.25) is 0 Å². The van der Waals surface area contributed by atoms with Crippen LogP contribution in [-0.2, 0) is 7.05 Å². The Bertz CT molecular complexity index is 948. The van der Waals surface area contributed by atoms with Gasteiger partial charge in [0, 0.05) is 41.8 Å². The summed E-state index contributed by atoms with van der Waals surface area (Å²) in [4.78, 5) is 16.9. The standard InChI is InChI=1S/C20H20N2O3/c1-13(9-14-5-6-17-15(10-14)7-8-22(17)2)20(23)16-11-18(24-3)21-19(12-16)25-4/h5-12H,1-4H3/b13-9+. The Balaban J connectivity index is 1.94. The van der Waals surface area contributed by atoms with Gasteiger partial charge in [0.2, 0.25) is 11.8 Å². The minimum atomic E-state index is -0.0906. The summed E-state index contributed by atoms with van der Waals surface area (Å²) in [6.07, 6.45) is 3.90. The zero-order valence-corrected chi connectivity index (χ0v) is 14.7. The molecule has 5 heteroatoms. The van der Waals surface area contributed by atoms with Gasteiger partial charge in [-0.05, 0) is 42.3 Å². The van der Waals surface area contributed by atoms with Crippen LogP contribution < -0.4 is 9.47 Å². The Hall–Kier alpha value is -3.08. The molecule has 3 aromatic rings. The number of ketones is 1. The molecule has 0 N–H and O–H groups in total. The van der Waals surface area contributed by atoms with Crippen LogP contribution in [-0.4, -0.2) is 29.6 Å². The average molecular weight is 336 g/mol. The van der Waals surface area contributed by atoms with Crippen molar-refractivity contribution in [1.82, 2.24) is 9.55 Å². The van der Waals surface area contributed by atoms with Gasteiger partial charge in [0.15, 0.2) is 5.78 Å². The van der Waals surface area contributed by atoms with Crippen LogP contribution in [0.4, 0.5) is 0 Å². The molecule has 128 valence electrons. The average Bonchev–Trinajstić information content (AvgIpc) is 3.00. The number of hydrogen-bond donors (Lipinski definition) is 0. The number of benzene rings is 1. The van der Waals surface area contributed by atoms with E-state index in [2.05, 4.69) is 27.8 Å². The van der Waals surface area contributed by atoms with Gasteiger partial charge < -0.3 is 14.0 Å². The van der Waals surface area contributed by atoms with Crippen molar-refractivity contribution in [3.8, 4) is 11.8 Å². The smallest absolute Gasteiger partial charge is 0.216 e. The van der Waals surface area contributed by atoms with E-state index in [4.69, 9.17) is 9.47 Å². The predicted octanol–water partition coefficient (Wildman–Crippen LogP) is 3.88. The molecule has 0 saturated heterocycles. The van der Waals surface area contributed by atoms with Crippen molar-refractivity contribution in [2.75, 3.05) is 14.2 Å². The molecule has 0 saturated carbocycles. The minimum absolute atomic E-state index is 0.0906. The lowest BCUT2D eigenvalue weighted by molar-refractivity contribution is 0.103. The van der Waals surface area contributed by atoms with Gasteiger partial charge in [-0.2, -0.15) is 4.98 Å². The number of fused-ring (bicyclic) bond motifs is 1. The lowest BCUT2D eigenvalue weighted by Gasteiger charge is -2.07. The Morgan fingerprint density at radius 3 is 2.40 bits per heavy atom. The van der Waals surface area contributed by atoms with E-state index in [0.29, 0.717) is 22.9 Å². The van der Waals surface area contributed by atoms with Crippen LogP contribution in [0.25, 0.3) is 17.0 Å². The molecule has 3 rings (SSSR count). The van der Waals surface area contributed by atoms with E-state index < -0.39 is 0 Å². The topological polar surface area (TPSA) is 53.4 Å². The zero-order valence-electron chi connectivity index (χ0n) is 14.7. The fourth-order valence-corrected chi connectivity index (χ4v) is 2.75. The Morgan fingerprint density at radius 1 is 1.08 bits per heavy atom. The molecule has 0 amide bonds. The van der Waals surface area contributed by atoms with Gasteiger partial charge in [0.25, 0.3) is 0 Å². The first-order chi connectivity index (χ1) is 12.0. The van der Waals surface area contributed by atoms with Crippen molar-refractivity contribution in [1.29, 1.82) is 0 Å². The van der Waals surface area contributed by atoms with Crippen LogP contribution in [0.3, 0.4) is 0 Å². The summed E-state index contributed by atoms with van der Waals surface area (Å²) in [6, 6.07) is 11.4. The summed E-state index contributed by atoms with van der Waals surface area (Å²) in [7, 11) is 5.03. The van der Waals surface area contributed by atoms with Gasteiger partial charge in [-0.1, -0.05) is 6.07 Å². The third kappa shape index (κ3) is 3.40. The molecule has 0 aliphatic rings. The zero-order chi connectivity index (χ0) is 18.0. The van der Waals surface area contributed by atoms with Crippen LogP contribution in [0.1, 0.15) is 22.8 Å². The number of rotatable bonds is 5. The number of methoxy groups -OCH3 is 2. The number of Topliss-reactive ketones (excluding diaryl/α,β-unsaturated/α-hetero) is 1. The highest BCUT2D eigenvalue weighted by Gasteiger charge is 2.13. The Kier molecular flexibility index (Phi) is 4.57. The maximum Gasteiger partial charge on any atom is 0.216 e. The first-order valence-electron chi connectivity index (χ1n) is 7.90. The maximum absolute atomic E-state index is 12.7. The number of carbonyl (C=O) groups is 1. The summed E-state index contributed by atoms with van der Waals surface area (Å²) >= 11 is 0. The van der Waals surface area contributed by atoms with E-state index in [1.807, 2.05) is 25.4 Å². The van der Waals surface area contributed by atoms with Gasteiger partial charge in [0.05, 0.1) is 14.2 Å². The SMILES string of the molecule is COc1cc(C(=O)/C(C)=C/c2ccc3c(ccn3C)c2)cc(OC)n1. The fraction of sp³-hybridized carbons (Fsp3) is 0.200. The van der Waals surface area contributed by atoms with E-state index in [-0.39, 0.29) is 5.78 Å². The minimum Gasteiger partial charge on any atom is -0.481 e. The lowest BCUT2D eigenvalue weighted by atomic mass is 10.0. The second kappa shape index (κ2) is 6.81. The van der Waals surface area contributed by atoms with Crippen LogP contribution in [0.5, 0.6) is 11.8 Å². The van der Waals surface area contributed by atoms with Crippen molar-refractivity contribution in [2.45, 2.75) is 6.92 Å². The summed E-state index contributed by atoms with van der Waals surface area (Å²) in [5.41, 5.74) is 3.26. The van der Waals surface area contributed by atoms with Gasteiger partial charge in [-0.15, -0.1) is 0 Å². The molecule has 0 atom stereocenters. The number of ether oxygens (including phenoxy) is 2. The van der Waals surface area contributed by atoms with Gasteiger partial charge in [-0.25, -0.2) is 0 Å². The normalized spacial score (nSPS) is 11.6. The monoisotopic (exact) mass is 336 g/mol. The van der Waals surface area contributed by atoms with E-state index in [0.717, 1.165) is 16.5 Å². The van der Waals surface area contributed by atoms with E-state index in [1.54, 1.807) is 19.1 Å². The van der Waals surface area contributed by atoms with Crippen molar-refractivity contribution < 1.29 is 14.3 Å². The van der Waals surface area contributed by atoms with Crippen LogP contribution in [0.15, 0.2) is 48.2 Å². The number of hydrogen-bond acceptors (Lipinski definition) is 4. The molecule has 2 heterocycles. The molecule has 0 spiro atoms. The largest absolute Gasteiger partial charge is 0.481 e. The molecule has 0 aliphatic carbocycles. The summed E-state index contributed by atoms with van der Waals surface area (Å²) in [5, 5.41) is 1.14. The van der Waals surface area contributed by atoms with Crippen LogP contribution >= 0.6 is 0 Å². The van der Waals surface area contributed by atoms with Gasteiger partial charge in [0.1, 0.15) is 0 Å². The molecule has 1 aromatic carbocycles. The molecular formula is C20H20N2O3. The highest BCUT2D eigenvalue weighted by molar-refractivity contribution is 6.11. The van der Waals surface area contributed by atoms with E-state index in [1.165, 1.54) is 14.2 Å². The van der Waals surface area contributed by atoms with Crippen molar-refractivity contribution in [2.24, 2.45) is 7.05 Å². The van der Waals surface area contributed by atoms with Gasteiger partial charge >= 0.3 is 0 Å². The second-order valence-electron chi connectivity index (χ2n) is 5.84. The molecule has 5 nitrogen and oxygen atoms in total. The van der Waals surface area contributed by atoms with E-state index in [9.17, 15) is 4.79 Å². The van der Waals surface area contributed by atoms with Crippen LogP contribution in [0, 0.1) is 0 Å². The summed E-state index contributed by atoms with van der Waals surface area (Å²) in [6.45, 7) is 1.80. The van der Waals surface area contributed by atoms with Gasteiger partial charge in [-0.3, -0.25) is 4.79 Å². The van der Waals surface area contributed by atoms with Crippen molar-refractivity contribution in [3.63, 3.8) is 0 Å². The highest BCUT2D eigenvalue weighted by Crippen LogP contribution is 2.22. The third-order valence-electron chi connectivity index (χ3n) is 4.11. The highest BCUT2D eigenvalue weighted by atomic mass is 16.5. The second-order valence-corrected chi connectivity index (χ2v) is 5.84. The third-order valence-corrected chi connectivity index (χ3v) is 4.11. The number of aryl methyl sites for hydroxylation is 1.